The van der Waals surface area contributed by atoms with Crippen LogP contribution in [0.2, 0.25) is 5.02 Å². The van der Waals surface area contributed by atoms with E-state index in [0.717, 1.165) is 31.9 Å². The number of aromatic nitrogens is 2. The van der Waals surface area contributed by atoms with Crippen molar-refractivity contribution in [1.29, 1.82) is 0 Å². The van der Waals surface area contributed by atoms with E-state index in [2.05, 4.69) is 25.5 Å². The van der Waals surface area contributed by atoms with E-state index in [9.17, 15) is 13.9 Å². The SMILES string of the molecule is O[C@H]1CCN(c2cc(N3CCNCC3)cc(Nc3cc(F)c(Cl)cn3)n2)C[C@H]1F. The maximum atomic E-state index is 14.1. The highest BCUT2D eigenvalue weighted by molar-refractivity contribution is 6.30. The van der Waals surface area contributed by atoms with Gasteiger partial charge in [0.1, 0.15) is 29.4 Å². The minimum absolute atomic E-state index is 0.0559. The molecule has 2 aliphatic rings. The van der Waals surface area contributed by atoms with E-state index < -0.39 is 18.1 Å². The summed E-state index contributed by atoms with van der Waals surface area (Å²) in [6, 6.07) is 5.00. The average molecular weight is 425 g/mol. The Balaban J connectivity index is 1.64. The number of piperidine rings is 1. The van der Waals surface area contributed by atoms with Gasteiger partial charge in [-0.3, -0.25) is 0 Å². The number of pyridine rings is 2. The molecule has 4 rings (SSSR count). The average Bonchev–Trinajstić information content (AvgIpc) is 2.73. The van der Waals surface area contributed by atoms with Crippen LogP contribution in [-0.2, 0) is 0 Å². The van der Waals surface area contributed by atoms with Gasteiger partial charge in [0, 0.05) is 56.6 Å². The number of nitrogens with one attached hydrogen (secondary N) is 2. The van der Waals surface area contributed by atoms with E-state index in [4.69, 9.17) is 11.6 Å². The number of aliphatic hydroxyl groups is 1. The molecule has 10 heteroatoms. The van der Waals surface area contributed by atoms with Gasteiger partial charge in [0.25, 0.3) is 0 Å². The number of piperazine rings is 1. The van der Waals surface area contributed by atoms with Crippen LogP contribution in [0.4, 0.5) is 31.9 Å². The highest BCUT2D eigenvalue weighted by atomic mass is 35.5. The molecular weight excluding hydrogens is 402 g/mol. The molecule has 4 heterocycles. The molecule has 0 aliphatic carbocycles. The van der Waals surface area contributed by atoms with Gasteiger partial charge in [0.2, 0.25) is 0 Å². The monoisotopic (exact) mass is 424 g/mol. The topological polar surface area (TPSA) is 76.6 Å². The van der Waals surface area contributed by atoms with Crippen LogP contribution in [0.5, 0.6) is 0 Å². The number of anilines is 4. The lowest BCUT2D eigenvalue weighted by Crippen LogP contribution is -2.45. The molecule has 2 fully saturated rings. The fourth-order valence-electron chi connectivity index (χ4n) is 3.55. The first kappa shape index (κ1) is 20.1. The first-order chi connectivity index (χ1) is 14.0. The van der Waals surface area contributed by atoms with Gasteiger partial charge >= 0.3 is 0 Å². The Kier molecular flexibility index (Phi) is 5.98. The van der Waals surface area contributed by atoms with Gasteiger partial charge in [-0.2, -0.15) is 0 Å². The highest BCUT2D eigenvalue weighted by Crippen LogP contribution is 2.29. The molecule has 2 saturated heterocycles. The van der Waals surface area contributed by atoms with E-state index in [1.807, 2.05) is 17.0 Å². The lowest BCUT2D eigenvalue weighted by molar-refractivity contribution is 0.0614. The van der Waals surface area contributed by atoms with Gasteiger partial charge in [-0.1, -0.05) is 11.6 Å². The molecule has 0 radical (unpaired) electrons. The summed E-state index contributed by atoms with van der Waals surface area (Å²) < 4.78 is 27.9. The molecule has 2 aromatic heterocycles. The molecule has 3 N–H and O–H groups in total. The van der Waals surface area contributed by atoms with E-state index in [0.29, 0.717) is 24.6 Å². The minimum Gasteiger partial charge on any atom is -0.390 e. The molecule has 2 atom stereocenters. The van der Waals surface area contributed by atoms with Crippen molar-refractivity contribution >= 4 is 34.7 Å². The number of hydrogen-bond donors (Lipinski definition) is 3. The van der Waals surface area contributed by atoms with E-state index in [-0.39, 0.29) is 17.4 Å². The molecule has 2 aromatic rings. The zero-order valence-electron chi connectivity index (χ0n) is 15.8. The summed E-state index contributed by atoms with van der Waals surface area (Å²) in [6.07, 6.45) is -0.689. The Morgan fingerprint density at radius 1 is 1.14 bits per heavy atom. The minimum atomic E-state index is -1.32. The first-order valence-corrected chi connectivity index (χ1v) is 10.0. The Morgan fingerprint density at radius 3 is 2.66 bits per heavy atom. The maximum Gasteiger partial charge on any atom is 0.147 e. The molecular formula is C19H23ClF2N6O. The predicted octanol–water partition coefficient (Wildman–Crippen LogP) is 2.33. The van der Waals surface area contributed by atoms with E-state index in [1.54, 1.807) is 0 Å². The second-order valence-corrected chi connectivity index (χ2v) is 7.64. The third-order valence-corrected chi connectivity index (χ3v) is 5.45. The number of aliphatic hydroxyl groups excluding tert-OH is 1. The molecule has 0 bridgehead atoms. The predicted molar refractivity (Wildman–Crippen MR) is 110 cm³/mol. The largest absolute Gasteiger partial charge is 0.390 e. The van der Waals surface area contributed by atoms with Crippen molar-refractivity contribution in [2.75, 3.05) is 54.4 Å². The summed E-state index contributed by atoms with van der Waals surface area (Å²) in [5.74, 6) is 0.785. The lowest BCUT2D eigenvalue weighted by Gasteiger charge is -2.35. The van der Waals surface area contributed by atoms with Crippen LogP contribution < -0.4 is 20.4 Å². The second kappa shape index (κ2) is 8.64. The summed E-state index contributed by atoms with van der Waals surface area (Å²) in [6.45, 7) is 3.99. The number of alkyl halides is 1. The lowest BCUT2D eigenvalue weighted by atomic mass is 10.1. The first-order valence-electron chi connectivity index (χ1n) is 9.62. The zero-order valence-corrected chi connectivity index (χ0v) is 16.5. The third kappa shape index (κ3) is 4.68. The Hall–Kier alpha value is -2.23. The smallest absolute Gasteiger partial charge is 0.147 e. The third-order valence-electron chi connectivity index (χ3n) is 5.17. The highest BCUT2D eigenvalue weighted by Gasteiger charge is 2.29. The van der Waals surface area contributed by atoms with Crippen molar-refractivity contribution in [2.45, 2.75) is 18.7 Å². The summed E-state index contributed by atoms with van der Waals surface area (Å²) in [4.78, 5) is 12.7. The molecule has 0 unspecified atom stereocenters. The second-order valence-electron chi connectivity index (χ2n) is 7.23. The quantitative estimate of drug-likeness (QED) is 0.695. The van der Waals surface area contributed by atoms with Crippen molar-refractivity contribution in [3.8, 4) is 0 Å². The van der Waals surface area contributed by atoms with Crippen molar-refractivity contribution in [3.63, 3.8) is 0 Å². The standard InChI is InChI=1S/C19H23ClF2N6O/c20-13-10-24-17(9-14(13)21)25-18-7-12(27-5-2-23-3-6-27)8-19(26-18)28-4-1-16(29)15(22)11-28/h7-10,15-16,23,29H,1-6,11H2,(H,24,25,26)/t15-,16+/m1/s1. The summed E-state index contributed by atoms with van der Waals surface area (Å²) in [5.41, 5.74) is 0.940. The number of halogens is 3. The molecule has 0 spiro atoms. The van der Waals surface area contributed by atoms with Crippen LogP contribution in [0.1, 0.15) is 6.42 Å². The van der Waals surface area contributed by atoms with E-state index >= 15 is 0 Å². The van der Waals surface area contributed by atoms with Gasteiger partial charge in [0.05, 0.1) is 23.9 Å². The molecule has 0 saturated carbocycles. The fourth-order valence-corrected chi connectivity index (χ4v) is 3.65. The fraction of sp³-hybridized carbons (Fsp3) is 0.474. The van der Waals surface area contributed by atoms with Crippen molar-refractivity contribution < 1.29 is 13.9 Å². The number of rotatable bonds is 4. The molecule has 29 heavy (non-hydrogen) atoms. The van der Waals surface area contributed by atoms with Gasteiger partial charge in [0.15, 0.2) is 0 Å². The van der Waals surface area contributed by atoms with Crippen LogP contribution in [-0.4, -0.2) is 66.6 Å². The molecule has 156 valence electrons. The van der Waals surface area contributed by atoms with Gasteiger partial charge in [-0.25, -0.2) is 18.7 Å². The molecule has 0 amide bonds. The summed E-state index contributed by atoms with van der Waals surface area (Å²) >= 11 is 5.71. The van der Waals surface area contributed by atoms with Gasteiger partial charge < -0.3 is 25.5 Å². The van der Waals surface area contributed by atoms with Gasteiger partial charge in [-0.05, 0) is 6.42 Å². The van der Waals surface area contributed by atoms with Crippen molar-refractivity contribution in [2.24, 2.45) is 0 Å². The van der Waals surface area contributed by atoms with Crippen LogP contribution in [0, 0.1) is 5.82 Å². The summed E-state index contributed by atoms with van der Waals surface area (Å²) in [7, 11) is 0. The Bertz CT molecular complexity index is 867. The summed E-state index contributed by atoms with van der Waals surface area (Å²) in [5, 5.41) is 16.0. The number of hydrogen-bond acceptors (Lipinski definition) is 7. The van der Waals surface area contributed by atoms with Crippen LogP contribution in [0.15, 0.2) is 24.4 Å². The zero-order chi connectivity index (χ0) is 20.4. The Morgan fingerprint density at radius 2 is 1.93 bits per heavy atom. The molecule has 0 aromatic carbocycles. The normalized spacial score (nSPS) is 22.6. The molecule has 7 nitrogen and oxygen atoms in total. The van der Waals surface area contributed by atoms with E-state index in [1.165, 1.54) is 12.3 Å². The van der Waals surface area contributed by atoms with Crippen LogP contribution >= 0.6 is 11.6 Å². The van der Waals surface area contributed by atoms with Crippen molar-refractivity contribution in [1.82, 2.24) is 15.3 Å². The Labute approximate surface area is 172 Å². The van der Waals surface area contributed by atoms with Crippen LogP contribution in [0.3, 0.4) is 0 Å². The maximum absolute atomic E-state index is 14.1. The van der Waals surface area contributed by atoms with Crippen LogP contribution in [0.25, 0.3) is 0 Å². The molecule has 2 aliphatic heterocycles. The van der Waals surface area contributed by atoms with Crippen molar-refractivity contribution in [3.05, 3.63) is 35.2 Å². The van der Waals surface area contributed by atoms with Gasteiger partial charge in [-0.15, -0.1) is 0 Å². The number of nitrogens with zero attached hydrogens (tertiary/aromatic N) is 4.